The van der Waals surface area contributed by atoms with E-state index in [-0.39, 0.29) is 23.7 Å². The highest BCUT2D eigenvalue weighted by molar-refractivity contribution is 6.00. The Morgan fingerprint density at radius 2 is 1.74 bits per heavy atom. The van der Waals surface area contributed by atoms with Gasteiger partial charge in [-0.15, -0.1) is 0 Å². The van der Waals surface area contributed by atoms with Crippen LogP contribution in [-0.2, 0) is 11.3 Å². The van der Waals surface area contributed by atoms with Crippen molar-refractivity contribution in [1.82, 2.24) is 4.57 Å². The summed E-state index contributed by atoms with van der Waals surface area (Å²) in [5.74, 6) is -0.923. The fourth-order valence-electron chi connectivity index (χ4n) is 3.02. The zero-order valence-corrected chi connectivity index (χ0v) is 15.3. The Kier molecular flexibility index (Phi) is 5.41. The quantitative estimate of drug-likeness (QED) is 0.533. The van der Waals surface area contributed by atoms with Crippen molar-refractivity contribution in [2.45, 2.75) is 20.4 Å². The first kappa shape index (κ1) is 18.5. The number of ketones is 1. The molecule has 0 bridgehead atoms. The molecule has 138 valence electrons. The molecule has 0 atom stereocenters. The van der Waals surface area contributed by atoms with E-state index in [0.29, 0.717) is 12.1 Å². The van der Waals surface area contributed by atoms with E-state index in [1.54, 1.807) is 6.07 Å². The minimum absolute atomic E-state index is 0.0276. The molecule has 0 saturated carbocycles. The Bertz CT molecular complexity index is 973. The number of hydrogen-bond acceptors (Lipinski definition) is 4. The molecule has 0 fully saturated rings. The lowest BCUT2D eigenvalue weighted by Gasteiger charge is -2.10. The molecule has 1 aromatic heterocycles. The lowest BCUT2D eigenvalue weighted by Crippen LogP contribution is -2.15. The van der Waals surface area contributed by atoms with Gasteiger partial charge in [-0.3, -0.25) is 4.79 Å². The number of phenols is 1. The number of esters is 1. The van der Waals surface area contributed by atoms with E-state index in [4.69, 9.17) is 4.74 Å². The van der Waals surface area contributed by atoms with Crippen LogP contribution in [0.2, 0.25) is 0 Å². The van der Waals surface area contributed by atoms with Gasteiger partial charge >= 0.3 is 5.97 Å². The second-order valence-corrected chi connectivity index (χ2v) is 6.41. The molecule has 1 heterocycles. The summed E-state index contributed by atoms with van der Waals surface area (Å²) < 4.78 is 7.18. The first-order chi connectivity index (χ1) is 13.0. The number of hydrogen-bond donors (Lipinski definition) is 1. The highest BCUT2D eigenvalue weighted by atomic mass is 16.5. The molecule has 3 rings (SSSR count). The molecule has 2 aromatic carbocycles. The molecule has 0 spiro atoms. The minimum Gasteiger partial charge on any atom is -0.508 e. The van der Waals surface area contributed by atoms with E-state index in [9.17, 15) is 14.7 Å². The number of aryl methyl sites for hydroxylation is 1. The van der Waals surface area contributed by atoms with E-state index < -0.39 is 5.97 Å². The number of aromatic nitrogens is 1. The number of rotatable bonds is 6. The highest BCUT2D eigenvalue weighted by Crippen LogP contribution is 2.18. The third-order valence-electron chi connectivity index (χ3n) is 4.47. The highest BCUT2D eigenvalue weighted by Gasteiger charge is 2.18. The molecule has 1 N–H and O–H groups in total. The van der Waals surface area contributed by atoms with Gasteiger partial charge in [0.15, 0.2) is 6.61 Å². The number of phenolic OH excluding ortho intramolecular Hbond substituents is 1. The van der Waals surface area contributed by atoms with Gasteiger partial charge in [-0.1, -0.05) is 36.4 Å². The maximum atomic E-state index is 12.5. The number of carbonyl (C=O) groups is 2. The zero-order valence-electron chi connectivity index (χ0n) is 15.3. The maximum Gasteiger partial charge on any atom is 0.338 e. The van der Waals surface area contributed by atoms with Gasteiger partial charge < -0.3 is 14.4 Å². The van der Waals surface area contributed by atoms with Gasteiger partial charge in [0.25, 0.3) is 0 Å². The first-order valence-electron chi connectivity index (χ1n) is 8.65. The second kappa shape index (κ2) is 7.91. The summed E-state index contributed by atoms with van der Waals surface area (Å²) in [6.45, 7) is 4.17. The molecule has 0 aliphatic rings. The van der Waals surface area contributed by atoms with Crippen molar-refractivity contribution in [3.05, 3.63) is 88.7 Å². The molecule has 27 heavy (non-hydrogen) atoms. The van der Waals surface area contributed by atoms with Gasteiger partial charge in [0, 0.05) is 23.5 Å². The van der Waals surface area contributed by atoms with Gasteiger partial charge in [0.05, 0.1) is 5.56 Å². The summed E-state index contributed by atoms with van der Waals surface area (Å²) in [5, 5.41) is 9.43. The van der Waals surface area contributed by atoms with E-state index >= 15 is 0 Å². The molecule has 0 amide bonds. The molecule has 5 nitrogen and oxygen atoms in total. The van der Waals surface area contributed by atoms with E-state index in [0.717, 1.165) is 17.0 Å². The number of carbonyl (C=O) groups excluding carboxylic acids is 2. The Balaban J connectivity index is 1.70. The van der Waals surface area contributed by atoms with Crippen molar-refractivity contribution in [3.63, 3.8) is 0 Å². The summed E-state index contributed by atoms with van der Waals surface area (Å²) >= 11 is 0. The van der Waals surface area contributed by atoms with Gasteiger partial charge in [-0.05, 0) is 43.7 Å². The zero-order chi connectivity index (χ0) is 19.4. The molecule has 0 unspecified atom stereocenters. The van der Waals surface area contributed by atoms with Crippen LogP contribution < -0.4 is 0 Å². The van der Waals surface area contributed by atoms with Crippen LogP contribution in [-0.4, -0.2) is 28.0 Å². The minimum atomic E-state index is -0.641. The molecule has 3 aromatic rings. The molecular formula is C22H21NO4. The van der Waals surface area contributed by atoms with Crippen LogP contribution in [0.5, 0.6) is 5.75 Å². The normalized spacial score (nSPS) is 10.6. The standard InChI is InChI=1S/C22H21NO4/c1-15-11-20(16(2)23(15)13-17-7-4-3-5-8-17)21(25)14-27-22(26)18-9-6-10-19(24)12-18/h3-12,24H,13-14H2,1-2H3. The monoisotopic (exact) mass is 363 g/mol. The van der Waals surface area contributed by atoms with Crippen molar-refractivity contribution in [2.24, 2.45) is 0 Å². The van der Waals surface area contributed by atoms with Crippen molar-refractivity contribution >= 4 is 11.8 Å². The Morgan fingerprint density at radius 1 is 1.00 bits per heavy atom. The predicted octanol–water partition coefficient (Wildman–Crippen LogP) is 3.90. The molecule has 0 aliphatic heterocycles. The number of ether oxygens (including phenoxy) is 1. The van der Waals surface area contributed by atoms with E-state index in [1.165, 1.54) is 18.2 Å². The molecule has 0 radical (unpaired) electrons. The van der Waals surface area contributed by atoms with Crippen LogP contribution in [0.1, 0.15) is 37.7 Å². The van der Waals surface area contributed by atoms with Crippen LogP contribution in [0, 0.1) is 13.8 Å². The third-order valence-corrected chi connectivity index (χ3v) is 4.47. The summed E-state index contributed by atoms with van der Waals surface area (Å²) in [7, 11) is 0. The Morgan fingerprint density at radius 3 is 2.44 bits per heavy atom. The average Bonchev–Trinajstić information content (AvgIpc) is 2.95. The first-order valence-corrected chi connectivity index (χ1v) is 8.65. The van der Waals surface area contributed by atoms with Crippen LogP contribution in [0.3, 0.4) is 0 Å². The lowest BCUT2D eigenvalue weighted by atomic mass is 10.1. The second-order valence-electron chi connectivity index (χ2n) is 6.41. The van der Waals surface area contributed by atoms with Crippen molar-refractivity contribution in [2.75, 3.05) is 6.61 Å². The van der Waals surface area contributed by atoms with Gasteiger partial charge in [-0.25, -0.2) is 4.79 Å². The van der Waals surface area contributed by atoms with Crippen LogP contribution in [0.15, 0.2) is 60.7 Å². The predicted molar refractivity (Wildman–Crippen MR) is 102 cm³/mol. The van der Waals surface area contributed by atoms with Crippen molar-refractivity contribution < 1.29 is 19.4 Å². The van der Waals surface area contributed by atoms with Crippen LogP contribution in [0.4, 0.5) is 0 Å². The Hall–Kier alpha value is -3.34. The number of benzene rings is 2. The lowest BCUT2D eigenvalue weighted by molar-refractivity contribution is 0.0474. The van der Waals surface area contributed by atoms with Crippen molar-refractivity contribution in [1.29, 1.82) is 0 Å². The number of Topliss-reactive ketones (excluding diaryl/α,β-unsaturated/α-hetero) is 1. The molecule has 5 heteroatoms. The number of aromatic hydroxyl groups is 1. The topological polar surface area (TPSA) is 68.5 Å². The van der Waals surface area contributed by atoms with Crippen LogP contribution in [0.25, 0.3) is 0 Å². The maximum absolute atomic E-state index is 12.5. The summed E-state index contributed by atoms with van der Waals surface area (Å²) in [6.07, 6.45) is 0. The third kappa shape index (κ3) is 4.26. The molecule has 0 aliphatic carbocycles. The van der Waals surface area contributed by atoms with Crippen molar-refractivity contribution in [3.8, 4) is 5.75 Å². The average molecular weight is 363 g/mol. The largest absolute Gasteiger partial charge is 0.508 e. The van der Waals surface area contributed by atoms with Crippen LogP contribution >= 0.6 is 0 Å². The molecule has 0 saturated heterocycles. The fraction of sp³-hybridized carbons (Fsp3) is 0.182. The van der Waals surface area contributed by atoms with Gasteiger partial charge in [0.1, 0.15) is 5.75 Å². The SMILES string of the molecule is Cc1cc(C(=O)COC(=O)c2cccc(O)c2)c(C)n1Cc1ccccc1. The Labute approximate surface area is 157 Å². The van der Waals surface area contributed by atoms with E-state index in [2.05, 4.69) is 4.57 Å². The summed E-state index contributed by atoms with van der Waals surface area (Å²) in [5.41, 5.74) is 3.71. The smallest absolute Gasteiger partial charge is 0.338 e. The van der Waals surface area contributed by atoms with Gasteiger partial charge in [-0.2, -0.15) is 0 Å². The van der Waals surface area contributed by atoms with E-state index in [1.807, 2.05) is 50.2 Å². The number of nitrogens with zero attached hydrogens (tertiary/aromatic N) is 1. The molecular weight excluding hydrogens is 342 g/mol. The van der Waals surface area contributed by atoms with Gasteiger partial charge in [0.2, 0.25) is 5.78 Å². The summed E-state index contributed by atoms with van der Waals surface area (Å²) in [6, 6.07) is 17.7. The summed E-state index contributed by atoms with van der Waals surface area (Å²) in [4.78, 5) is 24.6. The fourth-order valence-corrected chi connectivity index (χ4v) is 3.02.